The summed E-state index contributed by atoms with van der Waals surface area (Å²) in [7, 11) is 0. The van der Waals surface area contributed by atoms with Gasteiger partial charge < -0.3 is 10.5 Å². The maximum atomic E-state index is 13.5. The van der Waals surface area contributed by atoms with Crippen LogP contribution in [0, 0.1) is 6.92 Å². The summed E-state index contributed by atoms with van der Waals surface area (Å²) < 4.78 is 7.26. The van der Waals surface area contributed by atoms with E-state index in [9.17, 15) is 4.79 Å². The minimum Gasteiger partial charge on any atom is -0.478 e. The first-order valence-electron chi connectivity index (χ1n) is 9.87. The molecule has 3 heterocycles. The van der Waals surface area contributed by atoms with E-state index >= 15 is 0 Å². The largest absolute Gasteiger partial charge is 0.478 e. The fourth-order valence-corrected chi connectivity index (χ4v) is 4.03. The average molecular weight is 379 g/mol. The van der Waals surface area contributed by atoms with E-state index in [4.69, 9.17) is 10.5 Å². The fraction of sp³-hybridized carbons (Fsp3) is 0.429. The Morgan fingerprint density at radius 1 is 1.21 bits per heavy atom. The van der Waals surface area contributed by atoms with Crippen LogP contribution in [0.2, 0.25) is 0 Å². The van der Waals surface area contributed by atoms with E-state index in [0.717, 1.165) is 42.3 Å². The highest BCUT2D eigenvalue weighted by Crippen LogP contribution is 2.31. The first-order valence-corrected chi connectivity index (χ1v) is 9.87. The molecule has 7 heteroatoms. The fourth-order valence-electron chi connectivity index (χ4n) is 4.03. The molecule has 2 N–H and O–H groups in total. The molecule has 1 aliphatic carbocycles. The number of ether oxygens (including phenoxy) is 1. The Labute approximate surface area is 163 Å². The first kappa shape index (κ1) is 18.4. The van der Waals surface area contributed by atoms with E-state index in [1.54, 1.807) is 12.3 Å². The Kier molecular flexibility index (Phi) is 4.98. The zero-order valence-electron chi connectivity index (χ0n) is 16.3. The molecule has 28 heavy (non-hydrogen) atoms. The third-order valence-electron chi connectivity index (χ3n) is 5.38. The van der Waals surface area contributed by atoms with Gasteiger partial charge in [-0.25, -0.2) is 9.97 Å². The summed E-state index contributed by atoms with van der Waals surface area (Å²) in [6.07, 6.45) is 7.08. The summed E-state index contributed by atoms with van der Waals surface area (Å²) in [5.41, 5.74) is 8.62. The van der Waals surface area contributed by atoms with E-state index in [-0.39, 0.29) is 17.5 Å². The maximum absolute atomic E-state index is 13.5. The molecule has 146 valence electrons. The third-order valence-corrected chi connectivity index (χ3v) is 5.38. The van der Waals surface area contributed by atoms with Crippen LogP contribution < -0.4 is 16.0 Å². The van der Waals surface area contributed by atoms with Gasteiger partial charge in [0.25, 0.3) is 5.56 Å². The van der Waals surface area contributed by atoms with Gasteiger partial charge in [-0.2, -0.15) is 4.98 Å². The van der Waals surface area contributed by atoms with E-state index in [2.05, 4.69) is 15.0 Å². The van der Waals surface area contributed by atoms with Gasteiger partial charge in [0.1, 0.15) is 5.65 Å². The van der Waals surface area contributed by atoms with Gasteiger partial charge in [0, 0.05) is 34.8 Å². The van der Waals surface area contributed by atoms with E-state index in [1.165, 1.54) is 6.42 Å². The Morgan fingerprint density at radius 3 is 2.68 bits per heavy atom. The molecule has 1 saturated carbocycles. The number of fused-ring (bicyclic) bond motifs is 1. The quantitative estimate of drug-likeness (QED) is 0.743. The normalized spacial score (nSPS) is 15.1. The molecule has 3 aromatic rings. The predicted molar refractivity (Wildman–Crippen MR) is 109 cm³/mol. The lowest BCUT2D eigenvalue weighted by Gasteiger charge is -2.26. The second kappa shape index (κ2) is 7.58. The number of rotatable bonds is 4. The van der Waals surface area contributed by atoms with Crippen LogP contribution in [0.1, 0.15) is 50.8 Å². The predicted octanol–water partition coefficient (Wildman–Crippen LogP) is 3.65. The third kappa shape index (κ3) is 3.32. The van der Waals surface area contributed by atoms with Crippen molar-refractivity contribution >= 4 is 17.0 Å². The monoisotopic (exact) mass is 379 g/mol. The molecule has 0 radical (unpaired) electrons. The zero-order valence-corrected chi connectivity index (χ0v) is 16.3. The van der Waals surface area contributed by atoms with Crippen molar-refractivity contribution in [3.05, 3.63) is 40.4 Å². The summed E-state index contributed by atoms with van der Waals surface area (Å²) in [6, 6.07) is 5.66. The number of hydrogen-bond donors (Lipinski definition) is 1. The molecule has 7 nitrogen and oxygen atoms in total. The molecular formula is C21H25N5O2. The van der Waals surface area contributed by atoms with Gasteiger partial charge in [0.05, 0.1) is 12.3 Å². The Hall–Kier alpha value is -2.96. The van der Waals surface area contributed by atoms with Crippen molar-refractivity contribution < 1.29 is 4.74 Å². The second-order valence-electron chi connectivity index (χ2n) is 7.25. The molecule has 4 rings (SSSR count). The summed E-state index contributed by atoms with van der Waals surface area (Å²) in [6.45, 7) is 4.36. The van der Waals surface area contributed by atoms with Crippen molar-refractivity contribution in [3.8, 4) is 17.0 Å². The van der Waals surface area contributed by atoms with Crippen molar-refractivity contribution in [2.24, 2.45) is 0 Å². The van der Waals surface area contributed by atoms with Gasteiger partial charge in [0.15, 0.2) is 0 Å². The summed E-state index contributed by atoms with van der Waals surface area (Å²) >= 11 is 0. The molecule has 0 spiro atoms. The average Bonchev–Trinajstić information content (AvgIpc) is 2.69. The van der Waals surface area contributed by atoms with Crippen LogP contribution in [-0.4, -0.2) is 26.1 Å². The Balaban J connectivity index is 1.94. The van der Waals surface area contributed by atoms with Crippen molar-refractivity contribution in [1.29, 1.82) is 0 Å². The SMILES string of the molecule is CCOc1ccc(-c2cc3c(C)nc(N)nc3n(C3CCCCC3)c2=O)cn1. The van der Waals surface area contributed by atoms with E-state index in [1.807, 2.05) is 30.5 Å². The molecule has 0 saturated heterocycles. The highest BCUT2D eigenvalue weighted by molar-refractivity contribution is 5.84. The van der Waals surface area contributed by atoms with Crippen LogP contribution in [0.15, 0.2) is 29.2 Å². The first-order chi connectivity index (χ1) is 13.6. The zero-order chi connectivity index (χ0) is 19.7. The summed E-state index contributed by atoms with van der Waals surface area (Å²) in [5, 5.41) is 0.850. The van der Waals surface area contributed by atoms with Crippen LogP contribution in [0.4, 0.5) is 5.95 Å². The van der Waals surface area contributed by atoms with Gasteiger partial charge in [-0.3, -0.25) is 9.36 Å². The summed E-state index contributed by atoms with van der Waals surface area (Å²) in [5.74, 6) is 0.747. The number of nitrogen functional groups attached to an aromatic ring is 1. The van der Waals surface area contributed by atoms with Gasteiger partial charge in [-0.05, 0) is 38.8 Å². The Morgan fingerprint density at radius 2 is 2.00 bits per heavy atom. The van der Waals surface area contributed by atoms with Crippen LogP contribution >= 0.6 is 0 Å². The van der Waals surface area contributed by atoms with Crippen molar-refractivity contribution in [3.63, 3.8) is 0 Å². The van der Waals surface area contributed by atoms with Crippen molar-refractivity contribution in [2.45, 2.75) is 52.0 Å². The molecule has 0 bridgehead atoms. The number of pyridine rings is 2. The van der Waals surface area contributed by atoms with Gasteiger partial charge in [-0.15, -0.1) is 0 Å². The highest BCUT2D eigenvalue weighted by Gasteiger charge is 2.23. The number of anilines is 1. The number of aryl methyl sites for hydroxylation is 1. The molecule has 0 unspecified atom stereocenters. The smallest absolute Gasteiger partial charge is 0.260 e. The van der Waals surface area contributed by atoms with Crippen LogP contribution in [0.3, 0.4) is 0 Å². The molecule has 0 amide bonds. The second-order valence-corrected chi connectivity index (χ2v) is 7.25. The summed E-state index contributed by atoms with van der Waals surface area (Å²) in [4.78, 5) is 26.6. The lowest BCUT2D eigenvalue weighted by atomic mass is 9.94. The topological polar surface area (TPSA) is 95.9 Å². The minimum absolute atomic E-state index is 0.0529. The van der Waals surface area contributed by atoms with Crippen LogP contribution in [0.5, 0.6) is 5.88 Å². The molecule has 1 fully saturated rings. The minimum atomic E-state index is -0.0529. The van der Waals surface area contributed by atoms with E-state index in [0.29, 0.717) is 23.7 Å². The molecular weight excluding hydrogens is 354 g/mol. The van der Waals surface area contributed by atoms with Crippen molar-refractivity contribution in [1.82, 2.24) is 19.5 Å². The van der Waals surface area contributed by atoms with E-state index < -0.39 is 0 Å². The van der Waals surface area contributed by atoms with Gasteiger partial charge in [-0.1, -0.05) is 19.3 Å². The lowest BCUT2D eigenvalue weighted by Crippen LogP contribution is -2.29. The molecule has 0 aromatic carbocycles. The molecule has 3 aromatic heterocycles. The lowest BCUT2D eigenvalue weighted by molar-refractivity contribution is 0.327. The number of nitrogens with zero attached hydrogens (tertiary/aromatic N) is 4. The van der Waals surface area contributed by atoms with Gasteiger partial charge in [0.2, 0.25) is 11.8 Å². The van der Waals surface area contributed by atoms with Gasteiger partial charge >= 0.3 is 0 Å². The number of hydrogen-bond acceptors (Lipinski definition) is 6. The van der Waals surface area contributed by atoms with Crippen LogP contribution in [-0.2, 0) is 0 Å². The highest BCUT2D eigenvalue weighted by atomic mass is 16.5. The number of aromatic nitrogens is 4. The number of nitrogens with two attached hydrogens (primary N) is 1. The van der Waals surface area contributed by atoms with Crippen molar-refractivity contribution in [2.75, 3.05) is 12.3 Å². The van der Waals surface area contributed by atoms with Crippen LogP contribution in [0.25, 0.3) is 22.2 Å². The Bertz CT molecular complexity index is 1050. The standard InChI is InChI=1S/C21H25N5O2/c1-3-28-18-10-9-14(12-23-18)17-11-16-13(2)24-21(22)25-19(16)26(20(17)27)15-7-5-4-6-8-15/h9-12,15H,3-8H2,1-2H3,(H2,22,24,25). The maximum Gasteiger partial charge on any atom is 0.260 e. The molecule has 1 aliphatic rings. The molecule has 0 atom stereocenters. The molecule has 0 aliphatic heterocycles.